The molecule has 0 bridgehead atoms. The van der Waals surface area contributed by atoms with Gasteiger partial charge >= 0.3 is 0 Å². The Kier molecular flexibility index (Phi) is 5.53. The summed E-state index contributed by atoms with van der Waals surface area (Å²) >= 11 is 6.30. The molecule has 2 aromatic heterocycles. The monoisotopic (exact) mass is 547 g/mol. The number of hydrogen-bond donors (Lipinski definition) is 3. The van der Waals surface area contributed by atoms with Crippen molar-refractivity contribution in [3.63, 3.8) is 0 Å². The number of fused-ring (bicyclic) bond motifs is 3. The van der Waals surface area contributed by atoms with Crippen molar-refractivity contribution in [1.29, 1.82) is 0 Å². The molecule has 39 heavy (non-hydrogen) atoms. The molecule has 1 aliphatic carbocycles. The summed E-state index contributed by atoms with van der Waals surface area (Å²) in [7, 11) is 3.21. The topological polar surface area (TPSA) is 127 Å². The van der Waals surface area contributed by atoms with Gasteiger partial charge in [0.25, 0.3) is 0 Å². The number of ether oxygens (including phenoxy) is 3. The SMILES string of the molecule is COc1ccc2c(c1)[C@]1(C[C@H]1c1ccc3c(Nc4nc(Cl)nc(N5CCOCC5)c4OC)n[nH]c3c1)C(=O)N2. The number of nitrogens with zero attached hydrogens (tertiary/aromatic N) is 4. The summed E-state index contributed by atoms with van der Waals surface area (Å²) in [6.45, 7) is 2.55. The van der Waals surface area contributed by atoms with Crippen LogP contribution in [-0.2, 0) is 14.9 Å². The van der Waals surface area contributed by atoms with Gasteiger partial charge in [0.1, 0.15) is 5.75 Å². The van der Waals surface area contributed by atoms with Gasteiger partial charge < -0.3 is 29.7 Å². The van der Waals surface area contributed by atoms with Gasteiger partial charge in [0.2, 0.25) is 16.9 Å². The number of rotatable bonds is 6. The summed E-state index contributed by atoms with van der Waals surface area (Å²) in [5.41, 5.74) is 3.19. The van der Waals surface area contributed by atoms with Crippen LogP contribution in [0.5, 0.6) is 11.5 Å². The van der Waals surface area contributed by atoms with E-state index >= 15 is 0 Å². The van der Waals surface area contributed by atoms with Crippen molar-refractivity contribution in [2.75, 3.05) is 56.1 Å². The Labute approximate surface area is 228 Å². The van der Waals surface area contributed by atoms with Crippen LogP contribution in [0.3, 0.4) is 0 Å². The zero-order valence-corrected chi connectivity index (χ0v) is 22.1. The molecule has 1 amide bonds. The molecule has 1 spiro atoms. The van der Waals surface area contributed by atoms with Crippen molar-refractivity contribution < 1.29 is 19.0 Å². The highest BCUT2D eigenvalue weighted by atomic mass is 35.5. The van der Waals surface area contributed by atoms with E-state index in [0.29, 0.717) is 49.5 Å². The van der Waals surface area contributed by atoms with Gasteiger partial charge in [-0.15, -0.1) is 0 Å². The third-order valence-corrected chi connectivity index (χ3v) is 8.05. The minimum atomic E-state index is -0.570. The summed E-state index contributed by atoms with van der Waals surface area (Å²) in [5, 5.41) is 14.9. The van der Waals surface area contributed by atoms with E-state index in [1.807, 2.05) is 24.3 Å². The predicted octanol–water partition coefficient (Wildman–Crippen LogP) is 3.98. The highest BCUT2D eigenvalue weighted by molar-refractivity contribution is 6.28. The normalized spacial score (nSPS) is 21.7. The Morgan fingerprint density at radius 2 is 1.95 bits per heavy atom. The van der Waals surface area contributed by atoms with Gasteiger partial charge in [-0.25, -0.2) is 0 Å². The van der Waals surface area contributed by atoms with Crippen molar-refractivity contribution in [3.05, 3.63) is 52.8 Å². The van der Waals surface area contributed by atoms with Crippen molar-refractivity contribution >= 4 is 51.6 Å². The van der Waals surface area contributed by atoms with Gasteiger partial charge in [0.05, 0.1) is 38.4 Å². The molecule has 2 fully saturated rings. The molecule has 0 radical (unpaired) electrons. The highest BCUT2D eigenvalue weighted by Crippen LogP contribution is 2.65. The van der Waals surface area contributed by atoms with Gasteiger partial charge in [-0.1, -0.05) is 6.07 Å². The predicted molar refractivity (Wildman–Crippen MR) is 147 cm³/mol. The van der Waals surface area contributed by atoms with Crippen molar-refractivity contribution in [3.8, 4) is 11.5 Å². The Balaban J connectivity index is 1.19. The molecule has 3 aliphatic rings. The largest absolute Gasteiger partial charge is 0.497 e. The first-order chi connectivity index (χ1) is 19.0. The molecule has 7 rings (SSSR count). The minimum Gasteiger partial charge on any atom is -0.497 e. The number of halogens is 1. The summed E-state index contributed by atoms with van der Waals surface area (Å²) in [6, 6.07) is 11.9. The molecule has 11 nitrogen and oxygen atoms in total. The molecular weight excluding hydrogens is 522 g/mol. The number of nitrogens with one attached hydrogen (secondary N) is 3. The highest BCUT2D eigenvalue weighted by Gasteiger charge is 2.65. The summed E-state index contributed by atoms with van der Waals surface area (Å²) in [5.74, 6) is 2.93. The average molecular weight is 548 g/mol. The van der Waals surface area contributed by atoms with E-state index in [0.717, 1.165) is 39.9 Å². The van der Waals surface area contributed by atoms with E-state index in [1.165, 1.54) is 0 Å². The Morgan fingerprint density at radius 3 is 2.74 bits per heavy atom. The number of carbonyl (C=O) groups excluding carboxylic acids is 1. The van der Waals surface area contributed by atoms with E-state index in [1.54, 1.807) is 14.2 Å². The van der Waals surface area contributed by atoms with Gasteiger partial charge in [-0.3, -0.25) is 9.89 Å². The quantitative estimate of drug-likeness (QED) is 0.307. The maximum atomic E-state index is 13.1. The molecule has 1 saturated heterocycles. The zero-order valence-electron chi connectivity index (χ0n) is 21.4. The molecule has 3 N–H and O–H groups in total. The number of carbonyl (C=O) groups is 1. The van der Waals surface area contributed by atoms with Crippen LogP contribution in [0.25, 0.3) is 10.9 Å². The van der Waals surface area contributed by atoms with Crippen molar-refractivity contribution in [2.45, 2.75) is 17.8 Å². The average Bonchev–Trinajstić information content (AvgIpc) is 3.51. The van der Waals surface area contributed by atoms with Crippen LogP contribution in [0.2, 0.25) is 5.28 Å². The second kappa shape index (κ2) is 8.99. The maximum absolute atomic E-state index is 13.1. The van der Waals surface area contributed by atoms with E-state index < -0.39 is 5.41 Å². The Morgan fingerprint density at radius 1 is 1.10 bits per heavy atom. The van der Waals surface area contributed by atoms with Crippen LogP contribution in [0.1, 0.15) is 23.5 Å². The minimum absolute atomic E-state index is 0.0339. The Bertz CT molecular complexity index is 1620. The number of benzene rings is 2. The molecule has 4 heterocycles. The van der Waals surface area contributed by atoms with Gasteiger partial charge in [-0.05, 0) is 59.5 Å². The molecule has 4 aromatic rings. The van der Waals surface area contributed by atoms with E-state index in [4.69, 9.17) is 25.8 Å². The second-order valence-electron chi connectivity index (χ2n) is 9.89. The van der Waals surface area contributed by atoms with Crippen LogP contribution in [0.15, 0.2) is 36.4 Å². The summed E-state index contributed by atoms with van der Waals surface area (Å²) < 4.78 is 16.6. The lowest BCUT2D eigenvalue weighted by Gasteiger charge is -2.29. The smallest absolute Gasteiger partial charge is 0.235 e. The van der Waals surface area contributed by atoms with E-state index in [2.05, 4.69) is 47.8 Å². The number of morpholine rings is 1. The molecule has 12 heteroatoms. The standard InChI is InChI=1S/C27H26ClN7O4/c1-37-15-4-6-19-17(12-15)27(25(36)29-19)13-18(27)14-3-5-16-20(11-14)33-34-22(16)30-23-21(38-2)24(32-26(28)31-23)35-7-9-39-10-8-35/h3-6,11-12,18H,7-10,13H2,1-2H3,(H,29,36)(H2,30,31,32,33,34)/t18-,27-/m0/s1. The third kappa shape index (κ3) is 3.75. The van der Waals surface area contributed by atoms with Crippen LogP contribution in [0, 0.1) is 0 Å². The first kappa shape index (κ1) is 24.0. The van der Waals surface area contributed by atoms with Crippen LogP contribution in [-0.4, -0.2) is 66.6 Å². The molecule has 1 saturated carbocycles. The first-order valence-electron chi connectivity index (χ1n) is 12.7. The molecule has 2 atom stereocenters. The number of methoxy groups -OCH3 is 2. The lowest BCUT2D eigenvalue weighted by Crippen LogP contribution is -2.37. The molecule has 200 valence electrons. The summed E-state index contributed by atoms with van der Waals surface area (Å²) in [6.07, 6.45) is 0.741. The van der Waals surface area contributed by atoms with Crippen LogP contribution < -0.4 is 25.0 Å². The molecule has 2 aromatic carbocycles. The van der Waals surface area contributed by atoms with Crippen LogP contribution in [0.4, 0.5) is 23.1 Å². The first-order valence-corrected chi connectivity index (χ1v) is 13.1. The van der Waals surface area contributed by atoms with Crippen molar-refractivity contribution in [1.82, 2.24) is 20.2 Å². The van der Waals surface area contributed by atoms with Crippen molar-refractivity contribution in [2.24, 2.45) is 0 Å². The fourth-order valence-electron chi connectivity index (χ4n) is 5.83. The molecule has 2 aliphatic heterocycles. The van der Waals surface area contributed by atoms with Gasteiger partial charge in [0, 0.05) is 30.1 Å². The molecule has 0 unspecified atom stereocenters. The third-order valence-electron chi connectivity index (χ3n) is 7.88. The number of amides is 1. The van der Waals surface area contributed by atoms with E-state index in [-0.39, 0.29) is 17.1 Å². The fourth-order valence-corrected chi connectivity index (χ4v) is 6.00. The molecular formula is C27H26ClN7O4. The number of H-pyrrole nitrogens is 1. The number of hydrogen-bond acceptors (Lipinski definition) is 9. The number of aromatic amines is 1. The van der Waals surface area contributed by atoms with E-state index in [9.17, 15) is 4.79 Å². The number of anilines is 4. The Hall–Kier alpha value is -4.09. The fraction of sp³-hybridized carbons (Fsp3) is 0.333. The van der Waals surface area contributed by atoms with Gasteiger partial charge in [0.15, 0.2) is 17.5 Å². The van der Waals surface area contributed by atoms with Crippen LogP contribution >= 0.6 is 11.6 Å². The second-order valence-corrected chi connectivity index (χ2v) is 10.2. The lowest BCUT2D eigenvalue weighted by molar-refractivity contribution is -0.118. The lowest BCUT2D eigenvalue weighted by atomic mass is 9.91. The summed E-state index contributed by atoms with van der Waals surface area (Å²) in [4.78, 5) is 23.9. The number of aromatic nitrogens is 4. The zero-order chi connectivity index (χ0) is 26.7. The maximum Gasteiger partial charge on any atom is 0.235 e. The van der Waals surface area contributed by atoms with Gasteiger partial charge in [-0.2, -0.15) is 15.1 Å².